The number of aliphatic carboxylic acids is 1. The average molecular weight is 221 g/mol. The molecule has 1 aliphatic carbocycles. The van der Waals surface area contributed by atoms with E-state index in [4.69, 9.17) is 5.11 Å². The number of hydrogen-bond donors (Lipinski definition) is 1. The van der Waals surface area contributed by atoms with Crippen LogP contribution in [0.3, 0.4) is 0 Å². The van der Waals surface area contributed by atoms with Gasteiger partial charge in [0.25, 0.3) is 0 Å². The molecular weight excluding hydrogens is 206 g/mol. The Morgan fingerprint density at radius 2 is 2.38 bits per heavy atom. The summed E-state index contributed by atoms with van der Waals surface area (Å²) in [5.41, 5.74) is 1.08. The van der Waals surface area contributed by atoms with Gasteiger partial charge in [0.15, 0.2) is 0 Å². The summed E-state index contributed by atoms with van der Waals surface area (Å²) in [7, 11) is 1.81. The number of carboxylic acid groups (broad SMARTS) is 1. The van der Waals surface area contributed by atoms with E-state index in [9.17, 15) is 4.79 Å². The second-order valence-electron chi connectivity index (χ2n) is 4.12. The zero-order valence-corrected chi connectivity index (χ0v) is 9.26. The maximum Gasteiger partial charge on any atom is 0.305 e. The van der Waals surface area contributed by atoms with Gasteiger partial charge < -0.3 is 10.0 Å². The number of carboxylic acids is 1. The van der Waals surface area contributed by atoms with E-state index in [1.165, 1.54) is 12.8 Å². The Balaban J connectivity index is 2.01. The molecule has 0 aliphatic heterocycles. The van der Waals surface area contributed by atoms with Crippen LogP contribution in [0.4, 0.5) is 5.95 Å². The highest BCUT2D eigenvalue weighted by Gasteiger charge is 2.25. The molecule has 5 nitrogen and oxygen atoms in total. The Hall–Kier alpha value is -1.65. The molecule has 2 rings (SSSR count). The summed E-state index contributed by atoms with van der Waals surface area (Å²) in [4.78, 5) is 20.8. The fraction of sp³-hybridized carbons (Fsp3) is 0.545. The van der Waals surface area contributed by atoms with Crippen LogP contribution in [0.5, 0.6) is 0 Å². The van der Waals surface area contributed by atoms with Crippen molar-refractivity contribution in [1.82, 2.24) is 9.97 Å². The fourth-order valence-corrected chi connectivity index (χ4v) is 1.52. The minimum Gasteiger partial charge on any atom is -0.481 e. The van der Waals surface area contributed by atoms with Crippen LogP contribution in [0.25, 0.3) is 0 Å². The summed E-state index contributed by atoms with van der Waals surface area (Å²) in [6.45, 7) is 0.434. The predicted molar refractivity (Wildman–Crippen MR) is 59.5 cm³/mol. The van der Waals surface area contributed by atoms with Gasteiger partial charge in [-0.2, -0.15) is 0 Å². The molecule has 0 radical (unpaired) electrons. The summed E-state index contributed by atoms with van der Waals surface area (Å²) in [5, 5.41) is 8.59. The van der Waals surface area contributed by atoms with Crippen LogP contribution in [-0.4, -0.2) is 34.6 Å². The van der Waals surface area contributed by atoms with Crippen LogP contribution in [0.1, 0.15) is 30.9 Å². The van der Waals surface area contributed by atoms with Crippen molar-refractivity contribution >= 4 is 11.9 Å². The topological polar surface area (TPSA) is 66.3 Å². The molecule has 0 saturated heterocycles. The van der Waals surface area contributed by atoms with E-state index in [0.717, 1.165) is 5.69 Å². The molecule has 0 amide bonds. The predicted octanol–water partition coefficient (Wildman–Crippen LogP) is 1.26. The van der Waals surface area contributed by atoms with E-state index >= 15 is 0 Å². The Morgan fingerprint density at radius 3 is 3.00 bits per heavy atom. The summed E-state index contributed by atoms with van der Waals surface area (Å²) < 4.78 is 0. The van der Waals surface area contributed by atoms with Gasteiger partial charge >= 0.3 is 5.97 Å². The Labute approximate surface area is 94.1 Å². The standard InChI is InChI=1S/C11H15N3O2/c1-14(7-5-10(15)16)11-12-6-4-9(13-11)8-2-3-8/h4,6,8H,2-3,5,7H2,1H3,(H,15,16). The van der Waals surface area contributed by atoms with Gasteiger partial charge in [0.1, 0.15) is 0 Å². The van der Waals surface area contributed by atoms with E-state index in [2.05, 4.69) is 9.97 Å². The zero-order valence-electron chi connectivity index (χ0n) is 9.26. The average Bonchev–Trinajstić information content (AvgIpc) is 3.10. The molecule has 0 aromatic carbocycles. The first kappa shape index (κ1) is 10.9. The smallest absolute Gasteiger partial charge is 0.305 e. The number of anilines is 1. The van der Waals surface area contributed by atoms with E-state index in [0.29, 0.717) is 18.4 Å². The molecule has 5 heteroatoms. The van der Waals surface area contributed by atoms with E-state index in [1.54, 1.807) is 11.1 Å². The molecule has 0 bridgehead atoms. The van der Waals surface area contributed by atoms with Crippen LogP contribution in [0, 0.1) is 0 Å². The first-order chi connectivity index (χ1) is 7.66. The van der Waals surface area contributed by atoms with Crippen molar-refractivity contribution < 1.29 is 9.90 Å². The van der Waals surface area contributed by atoms with Crippen molar-refractivity contribution in [2.75, 3.05) is 18.5 Å². The van der Waals surface area contributed by atoms with E-state index in [1.807, 2.05) is 13.1 Å². The minimum atomic E-state index is -0.801. The summed E-state index contributed by atoms with van der Waals surface area (Å²) in [6.07, 6.45) is 4.26. The molecule has 1 aromatic heterocycles. The van der Waals surface area contributed by atoms with E-state index < -0.39 is 5.97 Å². The fourth-order valence-electron chi connectivity index (χ4n) is 1.52. The van der Waals surface area contributed by atoms with Crippen LogP contribution >= 0.6 is 0 Å². The SMILES string of the molecule is CN(CCC(=O)O)c1nccc(C2CC2)n1. The normalized spacial score (nSPS) is 14.8. The van der Waals surface area contributed by atoms with Gasteiger partial charge in [0.05, 0.1) is 6.42 Å². The van der Waals surface area contributed by atoms with Crippen LogP contribution in [0.15, 0.2) is 12.3 Å². The molecule has 1 aliphatic rings. The van der Waals surface area contributed by atoms with Gasteiger partial charge in [-0.3, -0.25) is 4.79 Å². The maximum absolute atomic E-state index is 10.5. The third-order valence-corrected chi connectivity index (χ3v) is 2.66. The molecule has 1 fully saturated rings. The Kier molecular flexibility index (Phi) is 3.03. The summed E-state index contributed by atoms with van der Waals surface area (Å²) in [6, 6.07) is 1.94. The van der Waals surface area contributed by atoms with Crippen molar-refractivity contribution in [2.45, 2.75) is 25.2 Å². The number of hydrogen-bond acceptors (Lipinski definition) is 4. The number of carbonyl (C=O) groups is 1. The molecule has 1 aromatic rings. The van der Waals surface area contributed by atoms with Crippen molar-refractivity contribution in [3.05, 3.63) is 18.0 Å². The quantitative estimate of drug-likeness (QED) is 0.811. The molecule has 16 heavy (non-hydrogen) atoms. The van der Waals surface area contributed by atoms with Gasteiger partial charge in [-0.15, -0.1) is 0 Å². The molecular formula is C11H15N3O2. The summed E-state index contributed by atoms with van der Waals surface area (Å²) >= 11 is 0. The van der Waals surface area contributed by atoms with Gasteiger partial charge in [-0.1, -0.05) is 0 Å². The van der Waals surface area contributed by atoms with Crippen molar-refractivity contribution in [1.29, 1.82) is 0 Å². The van der Waals surface area contributed by atoms with Crippen LogP contribution in [0.2, 0.25) is 0 Å². The monoisotopic (exact) mass is 221 g/mol. The molecule has 86 valence electrons. The third kappa shape index (κ3) is 2.68. The first-order valence-corrected chi connectivity index (χ1v) is 5.42. The van der Waals surface area contributed by atoms with Crippen LogP contribution < -0.4 is 4.90 Å². The lowest BCUT2D eigenvalue weighted by atomic mass is 10.3. The highest BCUT2D eigenvalue weighted by atomic mass is 16.4. The molecule has 1 heterocycles. The first-order valence-electron chi connectivity index (χ1n) is 5.42. The molecule has 1 saturated carbocycles. The number of aromatic nitrogens is 2. The molecule has 0 atom stereocenters. The molecule has 1 N–H and O–H groups in total. The van der Waals surface area contributed by atoms with Crippen molar-refractivity contribution in [3.8, 4) is 0 Å². The van der Waals surface area contributed by atoms with Gasteiger partial charge in [-0.05, 0) is 18.9 Å². The lowest BCUT2D eigenvalue weighted by molar-refractivity contribution is -0.136. The number of rotatable bonds is 5. The highest BCUT2D eigenvalue weighted by molar-refractivity contribution is 5.67. The second kappa shape index (κ2) is 4.47. The van der Waals surface area contributed by atoms with Gasteiger partial charge in [-0.25, -0.2) is 9.97 Å². The van der Waals surface area contributed by atoms with Crippen molar-refractivity contribution in [2.24, 2.45) is 0 Å². The second-order valence-corrected chi connectivity index (χ2v) is 4.12. The lowest BCUT2D eigenvalue weighted by Gasteiger charge is -2.16. The van der Waals surface area contributed by atoms with Gasteiger partial charge in [0, 0.05) is 31.4 Å². The Bertz CT molecular complexity index is 391. The molecule has 0 unspecified atom stereocenters. The Morgan fingerprint density at radius 1 is 1.62 bits per heavy atom. The van der Waals surface area contributed by atoms with E-state index in [-0.39, 0.29) is 6.42 Å². The summed E-state index contributed by atoms with van der Waals surface area (Å²) in [5.74, 6) is 0.408. The van der Waals surface area contributed by atoms with Gasteiger partial charge in [0.2, 0.25) is 5.95 Å². The highest BCUT2D eigenvalue weighted by Crippen LogP contribution is 2.39. The lowest BCUT2D eigenvalue weighted by Crippen LogP contribution is -2.23. The van der Waals surface area contributed by atoms with Crippen molar-refractivity contribution in [3.63, 3.8) is 0 Å². The third-order valence-electron chi connectivity index (χ3n) is 2.66. The maximum atomic E-state index is 10.5. The minimum absolute atomic E-state index is 0.105. The zero-order chi connectivity index (χ0) is 11.5. The molecule has 0 spiro atoms. The largest absolute Gasteiger partial charge is 0.481 e. The number of nitrogens with zero attached hydrogens (tertiary/aromatic N) is 3. The van der Waals surface area contributed by atoms with Crippen LogP contribution in [-0.2, 0) is 4.79 Å².